The van der Waals surface area contributed by atoms with Crippen LogP contribution in [0.1, 0.15) is 29.2 Å². The first-order chi connectivity index (χ1) is 6.86. The maximum absolute atomic E-state index is 5.53. The summed E-state index contributed by atoms with van der Waals surface area (Å²) >= 11 is 1.87. The molecule has 1 aliphatic rings. The molecule has 74 valence electrons. The van der Waals surface area contributed by atoms with Crippen molar-refractivity contribution in [3.63, 3.8) is 0 Å². The van der Waals surface area contributed by atoms with E-state index in [1.165, 1.54) is 29.7 Å². The zero-order chi connectivity index (χ0) is 9.97. The number of terminal acetylenes is 1. The van der Waals surface area contributed by atoms with Crippen molar-refractivity contribution >= 4 is 11.3 Å². The molecule has 0 spiro atoms. The van der Waals surface area contributed by atoms with Crippen LogP contribution in [0.15, 0.2) is 11.4 Å². The maximum atomic E-state index is 5.53. The first-order valence-corrected chi connectivity index (χ1v) is 5.94. The molecule has 2 rings (SSSR count). The highest BCUT2D eigenvalue weighted by Crippen LogP contribution is 2.36. The Balaban J connectivity index is 2.28. The summed E-state index contributed by atoms with van der Waals surface area (Å²) in [6, 6.07) is 2.44. The van der Waals surface area contributed by atoms with Crippen LogP contribution in [0.4, 0.5) is 0 Å². The molecule has 1 aliphatic carbocycles. The van der Waals surface area contributed by atoms with Gasteiger partial charge in [0.1, 0.15) is 0 Å². The van der Waals surface area contributed by atoms with E-state index in [1.807, 2.05) is 18.4 Å². The predicted octanol–water partition coefficient (Wildman–Crippen LogP) is 2.39. The number of likely N-dealkylation sites (N-methyl/N-ethyl adjacent to an activating group) is 1. The Bertz CT molecular complexity index is 347. The molecule has 1 aromatic rings. The molecular formula is C12H15NS. The fourth-order valence-corrected chi connectivity index (χ4v) is 3.27. The van der Waals surface area contributed by atoms with Gasteiger partial charge < -0.3 is 5.32 Å². The van der Waals surface area contributed by atoms with Crippen molar-refractivity contribution in [2.75, 3.05) is 7.05 Å². The molecule has 0 saturated heterocycles. The first-order valence-electron chi connectivity index (χ1n) is 5.06. The van der Waals surface area contributed by atoms with Crippen molar-refractivity contribution < 1.29 is 0 Å². The van der Waals surface area contributed by atoms with Crippen molar-refractivity contribution in [1.82, 2.24) is 5.32 Å². The summed E-state index contributed by atoms with van der Waals surface area (Å²) in [5.41, 5.74) is 1.48. The average molecular weight is 205 g/mol. The molecule has 2 heteroatoms. The first kappa shape index (κ1) is 9.76. The van der Waals surface area contributed by atoms with E-state index in [0.29, 0.717) is 5.92 Å². The molecule has 2 atom stereocenters. The Labute approximate surface area is 89.5 Å². The summed E-state index contributed by atoms with van der Waals surface area (Å²) in [4.78, 5) is 1.54. The lowest BCUT2D eigenvalue weighted by atomic mass is 9.83. The monoisotopic (exact) mass is 205 g/mol. The largest absolute Gasteiger partial charge is 0.306 e. The van der Waals surface area contributed by atoms with Gasteiger partial charge >= 0.3 is 0 Å². The Morgan fingerprint density at radius 3 is 3.29 bits per heavy atom. The number of thiophene rings is 1. The van der Waals surface area contributed by atoms with E-state index in [2.05, 4.69) is 22.7 Å². The summed E-state index contributed by atoms with van der Waals surface area (Å²) in [7, 11) is 1.95. The third-order valence-corrected chi connectivity index (χ3v) is 3.99. The van der Waals surface area contributed by atoms with E-state index in [0.717, 1.165) is 0 Å². The molecular weight excluding hydrogens is 190 g/mol. The number of nitrogens with one attached hydrogen (secondary N) is 1. The van der Waals surface area contributed by atoms with Crippen molar-refractivity contribution in [2.45, 2.75) is 31.2 Å². The standard InChI is InChI=1S/C12H15NS/c1-3-11(13-2)9-5-4-6-12-10(9)7-8-14-12/h1,7-9,11,13H,4-6H2,2H3. The molecule has 1 aromatic heterocycles. The van der Waals surface area contributed by atoms with Crippen molar-refractivity contribution in [3.8, 4) is 12.3 Å². The van der Waals surface area contributed by atoms with Gasteiger partial charge in [-0.3, -0.25) is 0 Å². The van der Waals surface area contributed by atoms with E-state index < -0.39 is 0 Å². The Hall–Kier alpha value is -0.780. The van der Waals surface area contributed by atoms with Crippen molar-refractivity contribution in [3.05, 3.63) is 21.9 Å². The minimum Gasteiger partial charge on any atom is -0.306 e. The van der Waals surface area contributed by atoms with Crippen LogP contribution in [0, 0.1) is 12.3 Å². The quantitative estimate of drug-likeness (QED) is 0.731. The Kier molecular flexibility index (Phi) is 2.90. The van der Waals surface area contributed by atoms with Crippen LogP contribution in [0.25, 0.3) is 0 Å². The molecule has 14 heavy (non-hydrogen) atoms. The second-order valence-corrected chi connectivity index (χ2v) is 4.73. The molecule has 2 unspecified atom stereocenters. The summed E-state index contributed by atoms with van der Waals surface area (Å²) in [5.74, 6) is 3.37. The molecule has 0 bridgehead atoms. The predicted molar refractivity (Wildman–Crippen MR) is 61.7 cm³/mol. The maximum Gasteiger partial charge on any atom is 0.0754 e. The van der Waals surface area contributed by atoms with Gasteiger partial charge in [0, 0.05) is 10.8 Å². The topological polar surface area (TPSA) is 12.0 Å². The van der Waals surface area contributed by atoms with Gasteiger partial charge in [0.2, 0.25) is 0 Å². The Morgan fingerprint density at radius 2 is 2.57 bits per heavy atom. The van der Waals surface area contributed by atoms with Crippen LogP contribution in [0.3, 0.4) is 0 Å². The lowest BCUT2D eigenvalue weighted by Gasteiger charge is -2.27. The molecule has 0 saturated carbocycles. The summed E-state index contributed by atoms with van der Waals surface area (Å²) < 4.78 is 0. The van der Waals surface area contributed by atoms with Crippen LogP contribution in [0.5, 0.6) is 0 Å². The highest BCUT2D eigenvalue weighted by molar-refractivity contribution is 7.10. The van der Waals surface area contributed by atoms with Gasteiger partial charge in [-0.1, -0.05) is 5.92 Å². The molecule has 0 fully saturated rings. The smallest absolute Gasteiger partial charge is 0.0754 e. The molecule has 1 N–H and O–H groups in total. The van der Waals surface area contributed by atoms with Gasteiger partial charge in [0.25, 0.3) is 0 Å². The Morgan fingerprint density at radius 1 is 1.71 bits per heavy atom. The third-order valence-electron chi connectivity index (χ3n) is 2.99. The van der Waals surface area contributed by atoms with E-state index in [9.17, 15) is 0 Å². The summed E-state index contributed by atoms with van der Waals surface area (Å²) in [6.45, 7) is 0. The van der Waals surface area contributed by atoms with Crippen LogP contribution in [-0.4, -0.2) is 13.1 Å². The second kappa shape index (κ2) is 4.16. The van der Waals surface area contributed by atoms with Gasteiger partial charge in [-0.25, -0.2) is 0 Å². The lowest BCUT2D eigenvalue weighted by molar-refractivity contribution is 0.480. The highest BCUT2D eigenvalue weighted by Gasteiger charge is 2.26. The molecule has 1 heterocycles. The number of rotatable bonds is 2. The SMILES string of the molecule is C#CC(NC)C1CCCc2sccc21. The molecule has 0 amide bonds. The second-order valence-electron chi connectivity index (χ2n) is 3.73. The number of hydrogen-bond donors (Lipinski definition) is 1. The van der Waals surface area contributed by atoms with E-state index >= 15 is 0 Å². The van der Waals surface area contributed by atoms with Gasteiger partial charge in [0.15, 0.2) is 0 Å². The normalized spacial score (nSPS) is 22.4. The van der Waals surface area contributed by atoms with Gasteiger partial charge in [-0.05, 0) is 43.3 Å². The van der Waals surface area contributed by atoms with E-state index in [-0.39, 0.29) is 6.04 Å². The minimum absolute atomic E-state index is 0.198. The molecule has 0 radical (unpaired) electrons. The van der Waals surface area contributed by atoms with Gasteiger partial charge in [-0.2, -0.15) is 0 Å². The summed E-state index contributed by atoms with van der Waals surface area (Å²) in [6.07, 6.45) is 9.27. The van der Waals surface area contributed by atoms with Gasteiger partial charge in [-0.15, -0.1) is 17.8 Å². The number of aryl methyl sites for hydroxylation is 1. The average Bonchev–Trinajstić information content (AvgIpc) is 2.68. The number of fused-ring (bicyclic) bond motifs is 1. The minimum atomic E-state index is 0.198. The molecule has 1 nitrogen and oxygen atoms in total. The highest BCUT2D eigenvalue weighted by atomic mass is 32.1. The third kappa shape index (κ3) is 1.58. The van der Waals surface area contributed by atoms with Crippen LogP contribution in [0.2, 0.25) is 0 Å². The fraction of sp³-hybridized carbons (Fsp3) is 0.500. The van der Waals surface area contributed by atoms with Crippen LogP contribution in [-0.2, 0) is 6.42 Å². The van der Waals surface area contributed by atoms with E-state index in [4.69, 9.17) is 6.42 Å². The van der Waals surface area contributed by atoms with Gasteiger partial charge in [0.05, 0.1) is 6.04 Å². The van der Waals surface area contributed by atoms with Crippen molar-refractivity contribution in [2.24, 2.45) is 0 Å². The van der Waals surface area contributed by atoms with Crippen molar-refractivity contribution in [1.29, 1.82) is 0 Å². The lowest BCUT2D eigenvalue weighted by Crippen LogP contribution is -2.32. The number of hydrogen-bond acceptors (Lipinski definition) is 2. The van der Waals surface area contributed by atoms with E-state index in [1.54, 1.807) is 0 Å². The van der Waals surface area contributed by atoms with Crippen LogP contribution < -0.4 is 5.32 Å². The molecule has 0 aromatic carbocycles. The zero-order valence-electron chi connectivity index (χ0n) is 8.42. The van der Waals surface area contributed by atoms with Crippen LogP contribution >= 0.6 is 11.3 Å². The fourth-order valence-electron chi connectivity index (χ4n) is 2.27. The molecule has 0 aliphatic heterocycles. The summed E-state index contributed by atoms with van der Waals surface area (Å²) in [5, 5.41) is 5.41. The zero-order valence-corrected chi connectivity index (χ0v) is 9.23.